The number of fused-ring (bicyclic) bond motifs is 1. The first-order valence-corrected chi connectivity index (χ1v) is 8.82. The first-order valence-electron chi connectivity index (χ1n) is 8.82. The van der Waals surface area contributed by atoms with E-state index in [1.807, 2.05) is 0 Å². The molecule has 1 aromatic heterocycles. The molecule has 0 atom stereocenters. The van der Waals surface area contributed by atoms with Crippen LogP contribution in [-0.4, -0.2) is 4.57 Å². The molecule has 1 saturated carbocycles. The molecule has 0 spiro atoms. The van der Waals surface area contributed by atoms with Crippen LogP contribution < -0.4 is 4.57 Å². The number of imidazole rings is 1. The fourth-order valence-corrected chi connectivity index (χ4v) is 4.18. The van der Waals surface area contributed by atoms with Gasteiger partial charge in [0.2, 0.25) is 0 Å². The number of rotatable bonds is 2. The van der Waals surface area contributed by atoms with Gasteiger partial charge in [-0.1, -0.05) is 36.8 Å². The number of aromatic nitrogens is 2. The highest BCUT2D eigenvalue weighted by Crippen LogP contribution is 2.35. The molecule has 23 heavy (non-hydrogen) atoms. The van der Waals surface area contributed by atoms with E-state index in [0.29, 0.717) is 6.04 Å². The van der Waals surface area contributed by atoms with E-state index in [1.165, 1.54) is 60.1 Å². The maximum absolute atomic E-state index is 2.62. The average Bonchev–Trinajstić information content (AvgIpc) is 2.89. The molecule has 1 aliphatic carbocycles. The lowest BCUT2D eigenvalue weighted by atomic mass is 9.94. The molecule has 1 fully saturated rings. The smallest absolute Gasteiger partial charge is 0.226 e. The second-order valence-electron chi connectivity index (χ2n) is 6.85. The molecule has 1 aliphatic rings. The van der Waals surface area contributed by atoms with Crippen LogP contribution >= 0.6 is 0 Å². The second kappa shape index (κ2) is 5.84. The molecular formula is C21H25N2+. The highest BCUT2D eigenvalue weighted by atomic mass is 15.2. The third kappa shape index (κ3) is 2.37. The Balaban J connectivity index is 2.02. The van der Waals surface area contributed by atoms with Crippen LogP contribution in [0.1, 0.15) is 43.7 Å². The van der Waals surface area contributed by atoms with E-state index < -0.39 is 0 Å². The third-order valence-corrected chi connectivity index (χ3v) is 5.37. The van der Waals surface area contributed by atoms with E-state index >= 15 is 0 Å². The number of nitrogens with zero attached hydrogens (tertiary/aromatic N) is 2. The van der Waals surface area contributed by atoms with Gasteiger partial charge in [0.25, 0.3) is 5.82 Å². The zero-order valence-corrected chi connectivity index (χ0v) is 14.1. The molecule has 0 radical (unpaired) electrons. The minimum Gasteiger partial charge on any atom is -0.226 e. The predicted molar refractivity (Wildman–Crippen MR) is 95.4 cm³/mol. The van der Waals surface area contributed by atoms with Crippen molar-refractivity contribution in [2.75, 3.05) is 0 Å². The van der Waals surface area contributed by atoms with Gasteiger partial charge < -0.3 is 0 Å². The third-order valence-electron chi connectivity index (χ3n) is 5.37. The highest BCUT2D eigenvalue weighted by molar-refractivity contribution is 5.77. The van der Waals surface area contributed by atoms with Crippen molar-refractivity contribution in [1.29, 1.82) is 0 Å². The quantitative estimate of drug-likeness (QED) is 0.593. The molecule has 0 aliphatic heterocycles. The molecule has 3 aromatic rings. The summed E-state index contributed by atoms with van der Waals surface area (Å²) in [6.45, 7) is 2.22. The van der Waals surface area contributed by atoms with Crippen LogP contribution in [0.15, 0.2) is 48.5 Å². The van der Waals surface area contributed by atoms with E-state index in [-0.39, 0.29) is 0 Å². The van der Waals surface area contributed by atoms with Gasteiger partial charge >= 0.3 is 0 Å². The van der Waals surface area contributed by atoms with Crippen LogP contribution in [0.3, 0.4) is 0 Å². The van der Waals surface area contributed by atoms with Gasteiger partial charge in [0.1, 0.15) is 6.04 Å². The molecule has 0 bridgehead atoms. The van der Waals surface area contributed by atoms with Crippen LogP contribution in [-0.2, 0) is 7.05 Å². The Labute approximate surface area is 138 Å². The van der Waals surface area contributed by atoms with Crippen molar-refractivity contribution in [1.82, 2.24) is 4.57 Å². The minimum atomic E-state index is 0.629. The standard InChI is InChI=1S/C21H25N2/c1-16-10-6-7-13-18(16)21-22(2)19-14-8-9-15-20(19)23(21)17-11-4-3-5-12-17/h6-10,13-15,17H,3-5,11-12H2,1-2H3/q+1. The van der Waals surface area contributed by atoms with Crippen molar-refractivity contribution < 1.29 is 4.57 Å². The van der Waals surface area contributed by atoms with Crippen LogP contribution in [0.5, 0.6) is 0 Å². The van der Waals surface area contributed by atoms with Crippen LogP contribution in [0, 0.1) is 6.92 Å². The van der Waals surface area contributed by atoms with Gasteiger partial charge in [-0.25, -0.2) is 9.13 Å². The number of aryl methyl sites for hydroxylation is 2. The summed E-state index contributed by atoms with van der Waals surface area (Å²) in [6.07, 6.45) is 6.71. The fourth-order valence-electron chi connectivity index (χ4n) is 4.18. The lowest BCUT2D eigenvalue weighted by Crippen LogP contribution is -2.31. The highest BCUT2D eigenvalue weighted by Gasteiger charge is 2.31. The lowest BCUT2D eigenvalue weighted by molar-refractivity contribution is -0.634. The van der Waals surface area contributed by atoms with Crippen molar-refractivity contribution >= 4 is 11.0 Å². The topological polar surface area (TPSA) is 8.81 Å². The molecule has 2 aromatic carbocycles. The number of hydrogen-bond acceptors (Lipinski definition) is 0. The van der Waals surface area contributed by atoms with Gasteiger partial charge in [0, 0.05) is 0 Å². The molecule has 2 heteroatoms. The van der Waals surface area contributed by atoms with Crippen molar-refractivity contribution in [3.8, 4) is 11.4 Å². The van der Waals surface area contributed by atoms with Gasteiger partial charge in [0.15, 0.2) is 11.0 Å². The zero-order chi connectivity index (χ0) is 15.8. The Bertz CT molecular complexity index is 838. The molecule has 0 amide bonds. The molecule has 2 nitrogen and oxygen atoms in total. The predicted octanol–water partition coefficient (Wildman–Crippen LogP) is 4.95. The van der Waals surface area contributed by atoms with Crippen LogP contribution in [0.25, 0.3) is 22.4 Å². The van der Waals surface area contributed by atoms with Crippen LogP contribution in [0.4, 0.5) is 0 Å². The van der Waals surface area contributed by atoms with Crippen molar-refractivity contribution in [2.24, 2.45) is 7.05 Å². The molecular weight excluding hydrogens is 280 g/mol. The van der Waals surface area contributed by atoms with Gasteiger partial charge in [0.05, 0.1) is 12.6 Å². The summed E-state index contributed by atoms with van der Waals surface area (Å²) < 4.78 is 5.00. The van der Waals surface area contributed by atoms with E-state index in [1.54, 1.807) is 0 Å². The number of para-hydroxylation sites is 2. The Morgan fingerprint density at radius 2 is 1.61 bits per heavy atom. The summed E-state index contributed by atoms with van der Waals surface area (Å²) >= 11 is 0. The van der Waals surface area contributed by atoms with Crippen molar-refractivity contribution in [2.45, 2.75) is 45.1 Å². The van der Waals surface area contributed by atoms with Crippen molar-refractivity contribution in [3.05, 3.63) is 54.1 Å². The van der Waals surface area contributed by atoms with E-state index in [2.05, 4.69) is 71.6 Å². The average molecular weight is 305 g/mol. The number of hydrogen-bond donors (Lipinski definition) is 0. The summed E-state index contributed by atoms with van der Waals surface area (Å²) in [7, 11) is 2.21. The maximum atomic E-state index is 2.62. The summed E-state index contributed by atoms with van der Waals surface area (Å²) in [5.41, 5.74) is 5.41. The SMILES string of the molecule is Cc1ccccc1-c1n(C2CCCCC2)c2ccccc2[n+]1C. The largest absolute Gasteiger partial charge is 0.290 e. The van der Waals surface area contributed by atoms with E-state index in [4.69, 9.17) is 0 Å². The summed E-state index contributed by atoms with van der Waals surface area (Å²) in [5, 5.41) is 0. The van der Waals surface area contributed by atoms with Gasteiger partial charge in [-0.15, -0.1) is 0 Å². The molecule has 1 heterocycles. The van der Waals surface area contributed by atoms with Gasteiger partial charge in [-0.3, -0.25) is 0 Å². The van der Waals surface area contributed by atoms with Crippen molar-refractivity contribution in [3.63, 3.8) is 0 Å². The molecule has 0 unspecified atom stereocenters. The van der Waals surface area contributed by atoms with Gasteiger partial charge in [-0.2, -0.15) is 0 Å². The Hall–Kier alpha value is -2.09. The Morgan fingerprint density at radius 1 is 0.913 bits per heavy atom. The monoisotopic (exact) mass is 305 g/mol. The Kier molecular flexibility index (Phi) is 3.68. The summed E-state index contributed by atoms with van der Waals surface area (Å²) in [6, 6.07) is 18.3. The fraction of sp³-hybridized carbons (Fsp3) is 0.381. The number of benzene rings is 2. The van der Waals surface area contributed by atoms with E-state index in [9.17, 15) is 0 Å². The summed E-state index contributed by atoms with van der Waals surface area (Å²) in [5.74, 6) is 1.36. The first-order chi connectivity index (χ1) is 11.3. The molecule has 4 rings (SSSR count). The molecule has 118 valence electrons. The van der Waals surface area contributed by atoms with E-state index in [0.717, 1.165) is 0 Å². The van der Waals surface area contributed by atoms with Gasteiger partial charge in [-0.05, 0) is 56.4 Å². The molecule has 0 saturated heterocycles. The van der Waals surface area contributed by atoms with Crippen LogP contribution in [0.2, 0.25) is 0 Å². The lowest BCUT2D eigenvalue weighted by Gasteiger charge is -2.21. The maximum Gasteiger partial charge on any atom is 0.290 e. The summed E-state index contributed by atoms with van der Waals surface area (Å²) in [4.78, 5) is 0. The first kappa shape index (κ1) is 14.5. The molecule has 0 N–H and O–H groups in total. The second-order valence-corrected chi connectivity index (χ2v) is 6.85. The Morgan fingerprint density at radius 3 is 2.39 bits per heavy atom. The zero-order valence-electron chi connectivity index (χ0n) is 14.1. The minimum absolute atomic E-state index is 0.629. The normalized spacial score (nSPS) is 16.1.